The van der Waals surface area contributed by atoms with Crippen LogP contribution in [0.4, 0.5) is 17.1 Å². The van der Waals surface area contributed by atoms with E-state index in [1.807, 2.05) is 140 Å². The molecular weight excluding hydrogens is 955 g/mol. The molecule has 0 amide bonds. The van der Waals surface area contributed by atoms with Crippen LogP contribution in [-0.2, 0) is 19.2 Å². The Morgan fingerprint density at radius 1 is 0.329 bits per heavy atom. The van der Waals surface area contributed by atoms with Crippen molar-refractivity contribution in [2.24, 2.45) is 0 Å². The number of anilines is 3. The molecule has 13 heteroatoms. The van der Waals surface area contributed by atoms with Crippen LogP contribution >= 0.6 is 0 Å². The standard InChI is InChI=1S/C63H41N5O8/c1-40-6-28-51(29-7-40)68(52-30-16-41(17-31-52)34-54(47-20-8-43(9-21-47)36-56(64-2)60(69)70)48-22-10-44(11-23-48)37-57(65-3)61(71)72)53-32-18-42(19-33-53)35-55(49-24-12-45(13-25-49)38-58(66-4)62(73)74)50-26-14-46(15-27-50)39-59(67-5)63(75)76/h6-39H,1H3,(H,69,70)(H,71,72)(H,73,74)(H,75,76)/b56-36-,57-37-,58-38-,59-39-. The molecular formula is C63H41N5O8. The van der Waals surface area contributed by atoms with Gasteiger partial charge in [-0.05, 0) is 147 Å². The van der Waals surface area contributed by atoms with Crippen molar-refractivity contribution >= 4 is 88.5 Å². The molecule has 0 aliphatic heterocycles. The van der Waals surface area contributed by atoms with Crippen molar-refractivity contribution < 1.29 is 39.6 Å². The van der Waals surface area contributed by atoms with E-state index < -0.39 is 46.7 Å². The Morgan fingerprint density at radius 2 is 0.526 bits per heavy atom. The van der Waals surface area contributed by atoms with Gasteiger partial charge in [0.15, 0.2) is 0 Å². The molecule has 0 aromatic heterocycles. The van der Waals surface area contributed by atoms with Crippen molar-refractivity contribution in [3.63, 3.8) is 0 Å². The van der Waals surface area contributed by atoms with Crippen LogP contribution in [0, 0.1) is 33.2 Å². The molecule has 0 saturated carbocycles. The number of aliphatic carboxylic acids is 4. The molecule has 366 valence electrons. The Bertz CT molecular complexity index is 3340. The third-order valence-corrected chi connectivity index (χ3v) is 11.7. The fraction of sp³-hybridized carbons (Fsp3) is 0.0159. The largest absolute Gasteiger partial charge is 0.486 e. The first-order valence-electron chi connectivity index (χ1n) is 22.9. The second-order valence-electron chi connectivity index (χ2n) is 16.7. The first-order valence-corrected chi connectivity index (χ1v) is 22.9. The summed E-state index contributed by atoms with van der Waals surface area (Å²) in [6.45, 7) is 31.0. The minimum atomic E-state index is -1.33. The molecule has 0 unspecified atom stereocenters. The van der Waals surface area contributed by atoms with Crippen molar-refractivity contribution in [3.05, 3.63) is 300 Å². The van der Waals surface area contributed by atoms with Crippen molar-refractivity contribution in [1.29, 1.82) is 0 Å². The molecule has 0 atom stereocenters. The molecule has 0 heterocycles. The molecule has 7 rings (SSSR count). The molecule has 76 heavy (non-hydrogen) atoms. The molecule has 7 aromatic carbocycles. The molecule has 0 fully saturated rings. The van der Waals surface area contributed by atoms with Gasteiger partial charge in [0, 0.05) is 17.1 Å². The third kappa shape index (κ3) is 13.1. The van der Waals surface area contributed by atoms with Gasteiger partial charge in [0.1, 0.15) is 0 Å². The molecule has 0 bridgehead atoms. The zero-order valence-corrected chi connectivity index (χ0v) is 40.3. The zero-order chi connectivity index (χ0) is 54.3. The number of benzene rings is 7. The second kappa shape index (κ2) is 24.2. The predicted octanol–water partition coefficient (Wildman–Crippen LogP) is 14.0. The van der Waals surface area contributed by atoms with Crippen LogP contribution in [0.3, 0.4) is 0 Å². The topological polar surface area (TPSA) is 170 Å². The van der Waals surface area contributed by atoms with Gasteiger partial charge >= 0.3 is 23.9 Å². The van der Waals surface area contributed by atoms with E-state index in [2.05, 4.69) is 24.3 Å². The van der Waals surface area contributed by atoms with Gasteiger partial charge in [0.25, 0.3) is 22.8 Å². The molecule has 0 radical (unpaired) electrons. The maximum Gasteiger partial charge on any atom is 0.333 e. The van der Waals surface area contributed by atoms with Crippen LogP contribution in [0.1, 0.15) is 61.2 Å². The number of rotatable bonds is 17. The quantitative estimate of drug-likeness (QED) is 0.0394. The van der Waals surface area contributed by atoms with E-state index in [9.17, 15) is 39.6 Å². The summed E-state index contributed by atoms with van der Waals surface area (Å²) in [6, 6.07) is 52.4. The molecule has 7 aromatic rings. The maximum absolute atomic E-state index is 11.5. The number of nitrogens with zero attached hydrogens (tertiary/aromatic N) is 5. The van der Waals surface area contributed by atoms with Gasteiger partial charge in [-0.1, -0.05) is 139 Å². The minimum Gasteiger partial charge on any atom is -0.486 e. The van der Waals surface area contributed by atoms with E-state index in [1.54, 1.807) is 48.5 Å². The molecule has 13 nitrogen and oxygen atoms in total. The summed E-state index contributed by atoms with van der Waals surface area (Å²) in [5.41, 5.74) is 10.4. The van der Waals surface area contributed by atoms with Crippen molar-refractivity contribution in [1.82, 2.24) is 0 Å². The lowest BCUT2D eigenvalue weighted by molar-refractivity contribution is -0.133. The lowest BCUT2D eigenvalue weighted by Crippen LogP contribution is -2.09. The van der Waals surface area contributed by atoms with Gasteiger partial charge in [-0.2, -0.15) is 0 Å². The Kier molecular flexibility index (Phi) is 16.7. The summed E-state index contributed by atoms with van der Waals surface area (Å²) in [4.78, 5) is 60.7. The predicted molar refractivity (Wildman–Crippen MR) is 294 cm³/mol. The molecule has 0 saturated heterocycles. The lowest BCUT2D eigenvalue weighted by atomic mass is 9.94. The van der Waals surface area contributed by atoms with Crippen LogP contribution in [0.2, 0.25) is 0 Å². The Balaban J connectivity index is 1.27. The Labute approximate surface area is 437 Å². The first-order chi connectivity index (χ1) is 36.7. The van der Waals surface area contributed by atoms with Crippen LogP contribution < -0.4 is 4.90 Å². The normalized spacial score (nSPS) is 11.4. The summed E-state index contributed by atoms with van der Waals surface area (Å²) in [5, 5.41) is 37.7. The lowest BCUT2D eigenvalue weighted by Gasteiger charge is -2.26. The smallest absolute Gasteiger partial charge is 0.333 e. The summed E-state index contributed by atoms with van der Waals surface area (Å²) in [5.74, 6) is -5.32. The minimum absolute atomic E-state index is 0.424. The van der Waals surface area contributed by atoms with Crippen molar-refractivity contribution in [2.75, 3.05) is 4.90 Å². The summed E-state index contributed by atoms with van der Waals surface area (Å²) < 4.78 is 0. The monoisotopic (exact) mass is 995 g/mol. The maximum atomic E-state index is 11.5. The Hall–Kier alpha value is -11.4. The fourth-order valence-corrected chi connectivity index (χ4v) is 7.81. The van der Waals surface area contributed by atoms with E-state index in [0.29, 0.717) is 22.3 Å². The highest BCUT2D eigenvalue weighted by Gasteiger charge is 2.16. The fourth-order valence-electron chi connectivity index (χ4n) is 7.81. The first kappa shape index (κ1) is 52.4. The van der Waals surface area contributed by atoms with E-state index in [4.69, 9.17) is 26.3 Å². The highest BCUT2D eigenvalue weighted by molar-refractivity contribution is 5.98. The highest BCUT2D eigenvalue weighted by atomic mass is 16.4. The van der Waals surface area contributed by atoms with Crippen molar-refractivity contribution in [2.45, 2.75) is 6.92 Å². The zero-order valence-electron chi connectivity index (χ0n) is 40.3. The summed E-state index contributed by atoms with van der Waals surface area (Å²) in [6.07, 6.45) is 9.17. The van der Waals surface area contributed by atoms with Crippen LogP contribution in [-0.4, -0.2) is 44.3 Å². The molecule has 0 aliphatic carbocycles. The number of carbonyl (C=O) groups is 4. The van der Waals surface area contributed by atoms with E-state index in [-0.39, 0.29) is 0 Å². The third-order valence-electron chi connectivity index (χ3n) is 11.7. The number of carboxylic acids is 4. The van der Waals surface area contributed by atoms with Crippen LogP contribution in [0.5, 0.6) is 0 Å². The second-order valence-corrected chi connectivity index (χ2v) is 16.7. The van der Waals surface area contributed by atoms with Crippen LogP contribution in [0.15, 0.2) is 193 Å². The van der Waals surface area contributed by atoms with Crippen LogP contribution in [0.25, 0.3) is 67.0 Å². The van der Waals surface area contributed by atoms with Gasteiger partial charge in [-0.25, -0.2) is 19.4 Å². The number of carboxylic acid groups (broad SMARTS) is 4. The van der Waals surface area contributed by atoms with E-state index >= 15 is 0 Å². The van der Waals surface area contributed by atoms with Gasteiger partial charge in [-0.15, -0.1) is 0 Å². The highest BCUT2D eigenvalue weighted by Crippen LogP contribution is 2.37. The number of hydrogen-bond acceptors (Lipinski definition) is 5. The van der Waals surface area contributed by atoms with E-state index in [0.717, 1.165) is 67.2 Å². The Morgan fingerprint density at radius 3 is 0.737 bits per heavy atom. The van der Waals surface area contributed by atoms with Gasteiger partial charge in [0.2, 0.25) is 0 Å². The number of hydrogen-bond donors (Lipinski definition) is 4. The molecule has 0 aliphatic rings. The number of aryl methyl sites for hydroxylation is 1. The van der Waals surface area contributed by atoms with Gasteiger partial charge in [0.05, 0.1) is 26.3 Å². The summed E-state index contributed by atoms with van der Waals surface area (Å²) >= 11 is 0. The average Bonchev–Trinajstić information content (AvgIpc) is 3.43. The van der Waals surface area contributed by atoms with Crippen molar-refractivity contribution in [3.8, 4) is 0 Å². The molecule has 0 spiro atoms. The SMILES string of the molecule is [C-]#[N+]/C(=C\c1ccc(C(=Cc2ccc(N(c3ccc(C)cc3)c3ccc(C=C(c4ccc(/C=C(\[N+]#[C-])C(=O)O)cc4)c4ccc(/C=C(\[N+]#[C-])C(=O)O)cc4)cc3)cc2)c2ccc(/C=C(\[N+]#[C-])C(=O)O)cc2)cc1)C(=O)O. The molecule has 4 N–H and O–H groups in total. The van der Waals surface area contributed by atoms with Gasteiger partial charge < -0.3 is 25.3 Å². The summed E-state index contributed by atoms with van der Waals surface area (Å²) in [7, 11) is 0. The van der Waals surface area contributed by atoms with Gasteiger partial charge in [-0.3, -0.25) is 19.2 Å². The van der Waals surface area contributed by atoms with E-state index in [1.165, 1.54) is 24.3 Å². The average molecular weight is 996 g/mol.